The first-order chi connectivity index (χ1) is 8.88. The Kier molecular flexibility index (Phi) is 5.35. The Morgan fingerprint density at radius 1 is 1.53 bits per heavy atom. The molecule has 0 aromatic carbocycles. The number of nitrogens with one attached hydrogen (secondary N) is 2. The smallest absolute Gasteiger partial charge is 0.315 e. The van der Waals surface area contributed by atoms with Gasteiger partial charge in [0, 0.05) is 37.8 Å². The second-order valence-electron chi connectivity index (χ2n) is 4.57. The molecule has 0 radical (unpaired) electrons. The van der Waals surface area contributed by atoms with E-state index in [1.54, 1.807) is 11.6 Å². The first-order valence-corrected chi connectivity index (χ1v) is 6.13. The van der Waals surface area contributed by atoms with Crippen molar-refractivity contribution < 1.29 is 14.7 Å². The summed E-state index contributed by atoms with van der Waals surface area (Å²) in [5.74, 6) is -0.861. The van der Waals surface area contributed by atoms with Gasteiger partial charge >= 0.3 is 12.0 Å². The molecule has 19 heavy (non-hydrogen) atoms. The lowest BCUT2D eigenvalue weighted by molar-refractivity contribution is -0.137. The molecule has 1 unspecified atom stereocenters. The molecule has 7 nitrogen and oxygen atoms in total. The van der Waals surface area contributed by atoms with E-state index in [-0.39, 0.29) is 18.5 Å². The lowest BCUT2D eigenvalue weighted by Crippen LogP contribution is -2.40. The van der Waals surface area contributed by atoms with E-state index < -0.39 is 5.97 Å². The number of rotatable bonds is 6. The number of carboxylic acid groups (broad SMARTS) is 1. The van der Waals surface area contributed by atoms with Crippen LogP contribution in [0.25, 0.3) is 0 Å². The van der Waals surface area contributed by atoms with Crippen LogP contribution in [0.5, 0.6) is 0 Å². The zero-order valence-electron chi connectivity index (χ0n) is 11.4. The normalized spacial score (nSPS) is 11.9. The molecule has 0 bridgehead atoms. The summed E-state index contributed by atoms with van der Waals surface area (Å²) in [6, 6.07) is -0.479. The summed E-state index contributed by atoms with van der Waals surface area (Å²) in [4.78, 5) is 22.0. The average Bonchev–Trinajstić information content (AvgIpc) is 2.62. The maximum atomic E-state index is 11.6. The van der Waals surface area contributed by atoms with E-state index in [0.29, 0.717) is 13.0 Å². The highest BCUT2D eigenvalue weighted by molar-refractivity contribution is 5.74. The summed E-state index contributed by atoms with van der Waals surface area (Å²) >= 11 is 0. The Labute approximate surface area is 112 Å². The molecule has 0 spiro atoms. The Morgan fingerprint density at radius 2 is 2.21 bits per heavy atom. The summed E-state index contributed by atoms with van der Waals surface area (Å²) in [5, 5.41) is 18.1. The molecule has 0 saturated heterocycles. The van der Waals surface area contributed by atoms with Crippen LogP contribution in [0.3, 0.4) is 0 Å². The third-order valence-corrected chi connectivity index (χ3v) is 2.72. The average molecular weight is 268 g/mol. The van der Waals surface area contributed by atoms with Crippen molar-refractivity contribution in [1.29, 1.82) is 0 Å². The number of carbonyl (C=O) groups excluding carboxylic acids is 1. The number of aryl methyl sites for hydroxylation is 2. The van der Waals surface area contributed by atoms with E-state index in [1.165, 1.54) is 0 Å². The minimum atomic E-state index is -0.861. The van der Waals surface area contributed by atoms with Crippen LogP contribution >= 0.6 is 0 Å². The van der Waals surface area contributed by atoms with Crippen molar-refractivity contribution in [1.82, 2.24) is 20.4 Å². The van der Waals surface area contributed by atoms with Gasteiger partial charge in [-0.05, 0) is 20.3 Å². The first kappa shape index (κ1) is 15.0. The van der Waals surface area contributed by atoms with Crippen LogP contribution < -0.4 is 10.6 Å². The largest absolute Gasteiger partial charge is 0.481 e. The standard InChI is InChI=1S/C12H20N4O3/c1-8(4-5-11(17)18)14-12(19)13-6-10-7-16(3)15-9(10)2/h7-8H,4-6H2,1-3H3,(H,17,18)(H2,13,14,19). The number of carboxylic acids is 1. The molecule has 0 fully saturated rings. The molecule has 1 atom stereocenters. The fourth-order valence-corrected chi connectivity index (χ4v) is 1.68. The molecule has 1 rings (SSSR count). The van der Waals surface area contributed by atoms with Gasteiger partial charge in [-0.3, -0.25) is 9.48 Å². The van der Waals surface area contributed by atoms with Crippen LogP contribution in [-0.2, 0) is 18.4 Å². The number of aliphatic carboxylic acids is 1. The van der Waals surface area contributed by atoms with Crippen LogP contribution in [0.4, 0.5) is 4.79 Å². The lowest BCUT2D eigenvalue weighted by atomic mass is 10.2. The summed E-state index contributed by atoms with van der Waals surface area (Å²) in [5.41, 5.74) is 1.83. The predicted molar refractivity (Wildman–Crippen MR) is 69.6 cm³/mol. The number of amides is 2. The number of hydrogen-bond acceptors (Lipinski definition) is 3. The zero-order valence-corrected chi connectivity index (χ0v) is 11.4. The van der Waals surface area contributed by atoms with Crippen LogP contribution in [0, 0.1) is 6.92 Å². The molecule has 106 valence electrons. The van der Waals surface area contributed by atoms with Crippen LogP contribution in [0.15, 0.2) is 6.20 Å². The summed E-state index contributed by atoms with van der Waals surface area (Å²) in [6.07, 6.45) is 2.31. The van der Waals surface area contributed by atoms with Crippen LogP contribution in [0.1, 0.15) is 31.0 Å². The van der Waals surface area contributed by atoms with E-state index in [2.05, 4.69) is 15.7 Å². The summed E-state index contributed by atoms with van der Waals surface area (Å²) < 4.78 is 1.69. The van der Waals surface area contributed by atoms with Crippen molar-refractivity contribution in [2.75, 3.05) is 0 Å². The number of aromatic nitrogens is 2. The molecule has 0 saturated carbocycles. The fraction of sp³-hybridized carbons (Fsp3) is 0.583. The summed E-state index contributed by atoms with van der Waals surface area (Å²) in [7, 11) is 1.82. The monoisotopic (exact) mass is 268 g/mol. The second kappa shape index (κ2) is 6.77. The van der Waals surface area contributed by atoms with Gasteiger partial charge in [0.1, 0.15) is 0 Å². The first-order valence-electron chi connectivity index (χ1n) is 6.13. The maximum absolute atomic E-state index is 11.6. The molecule has 1 aromatic rings. The van der Waals surface area contributed by atoms with E-state index >= 15 is 0 Å². The number of carbonyl (C=O) groups is 2. The van der Waals surface area contributed by atoms with Gasteiger partial charge in [0.25, 0.3) is 0 Å². The third kappa shape index (κ3) is 5.41. The molecular formula is C12H20N4O3. The fourth-order valence-electron chi connectivity index (χ4n) is 1.68. The molecule has 0 aliphatic heterocycles. The second-order valence-corrected chi connectivity index (χ2v) is 4.57. The topological polar surface area (TPSA) is 96.3 Å². The van der Waals surface area contributed by atoms with E-state index in [9.17, 15) is 9.59 Å². The van der Waals surface area contributed by atoms with Crippen molar-refractivity contribution >= 4 is 12.0 Å². The van der Waals surface area contributed by atoms with Gasteiger partial charge in [-0.2, -0.15) is 5.10 Å². The van der Waals surface area contributed by atoms with Crippen molar-refractivity contribution in [3.63, 3.8) is 0 Å². The molecule has 0 aliphatic rings. The minimum Gasteiger partial charge on any atom is -0.481 e. The SMILES string of the molecule is Cc1nn(C)cc1CNC(=O)NC(C)CCC(=O)O. The zero-order chi connectivity index (χ0) is 14.4. The van der Waals surface area contributed by atoms with Crippen molar-refractivity contribution in [2.24, 2.45) is 7.05 Å². The van der Waals surface area contributed by atoms with Gasteiger partial charge in [-0.1, -0.05) is 0 Å². The van der Waals surface area contributed by atoms with E-state index in [1.807, 2.05) is 20.2 Å². The minimum absolute atomic E-state index is 0.0448. The molecular weight excluding hydrogens is 248 g/mol. The maximum Gasteiger partial charge on any atom is 0.315 e. The van der Waals surface area contributed by atoms with Gasteiger partial charge in [0.15, 0.2) is 0 Å². The predicted octanol–water partition coefficient (Wildman–Crippen LogP) is 0.781. The van der Waals surface area contributed by atoms with Gasteiger partial charge < -0.3 is 15.7 Å². The lowest BCUT2D eigenvalue weighted by Gasteiger charge is -2.13. The Bertz CT molecular complexity index is 456. The van der Waals surface area contributed by atoms with Crippen LogP contribution in [-0.4, -0.2) is 32.9 Å². The molecule has 0 aliphatic carbocycles. The molecule has 3 N–H and O–H groups in total. The molecule has 1 heterocycles. The Hall–Kier alpha value is -2.05. The number of urea groups is 1. The highest BCUT2D eigenvalue weighted by atomic mass is 16.4. The quantitative estimate of drug-likeness (QED) is 0.710. The number of hydrogen-bond donors (Lipinski definition) is 3. The summed E-state index contributed by atoms with van der Waals surface area (Å²) in [6.45, 7) is 4.05. The molecule has 7 heteroatoms. The van der Waals surface area contributed by atoms with Crippen molar-refractivity contribution in [3.05, 3.63) is 17.5 Å². The third-order valence-electron chi connectivity index (χ3n) is 2.72. The number of nitrogens with zero attached hydrogens (tertiary/aromatic N) is 2. The highest BCUT2D eigenvalue weighted by Gasteiger charge is 2.10. The van der Waals surface area contributed by atoms with E-state index in [4.69, 9.17) is 5.11 Å². The van der Waals surface area contributed by atoms with Crippen LogP contribution in [0.2, 0.25) is 0 Å². The molecule has 2 amide bonds. The van der Waals surface area contributed by atoms with Gasteiger partial charge in [-0.15, -0.1) is 0 Å². The van der Waals surface area contributed by atoms with Crippen molar-refractivity contribution in [2.45, 2.75) is 39.3 Å². The van der Waals surface area contributed by atoms with Gasteiger partial charge in [-0.25, -0.2) is 4.79 Å². The Balaban J connectivity index is 2.31. The van der Waals surface area contributed by atoms with Gasteiger partial charge in [0.05, 0.1) is 5.69 Å². The Morgan fingerprint density at radius 3 is 2.74 bits per heavy atom. The van der Waals surface area contributed by atoms with E-state index in [0.717, 1.165) is 11.3 Å². The molecule has 1 aromatic heterocycles. The van der Waals surface area contributed by atoms with Crippen molar-refractivity contribution in [3.8, 4) is 0 Å². The highest BCUT2D eigenvalue weighted by Crippen LogP contribution is 2.03. The van der Waals surface area contributed by atoms with Gasteiger partial charge in [0.2, 0.25) is 0 Å².